The number of carbonyl (C=O) groups excluding carboxylic acids is 3. The molecule has 1 aromatic carbocycles. The number of carboxylic acid groups (broad SMARTS) is 1. The van der Waals surface area contributed by atoms with Gasteiger partial charge in [-0.3, -0.25) is 19.7 Å². The second-order valence-electron chi connectivity index (χ2n) is 15.5. The Morgan fingerprint density at radius 3 is 2.53 bits per heavy atom. The van der Waals surface area contributed by atoms with Crippen molar-refractivity contribution in [3.8, 4) is 5.75 Å². The Hall–Kier alpha value is -3.69. The van der Waals surface area contributed by atoms with E-state index >= 15 is 0 Å². The number of epoxide rings is 1. The van der Waals surface area contributed by atoms with Gasteiger partial charge in [-0.25, -0.2) is 4.79 Å². The molecule has 1 unspecified atom stereocenters. The molecule has 2 amide bonds. The number of ether oxygens (including phenoxy) is 5. The van der Waals surface area contributed by atoms with Crippen LogP contribution in [0.15, 0.2) is 35.9 Å². The fourth-order valence-corrected chi connectivity index (χ4v) is 8.32. The number of hydrogen-bond donors (Lipinski definition) is 3. The number of unbranched alkanes of at least 4 members (excludes halogenated alkanes) is 2. The summed E-state index contributed by atoms with van der Waals surface area (Å²) in [6, 6.07) is 3.63. The van der Waals surface area contributed by atoms with E-state index in [4.69, 9.17) is 35.3 Å². The second-order valence-corrected chi connectivity index (χ2v) is 15.9. The number of amides is 2. The van der Waals surface area contributed by atoms with Gasteiger partial charge in [-0.05, 0) is 83.3 Å². The highest BCUT2D eigenvalue weighted by Crippen LogP contribution is 2.49. The van der Waals surface area contributed by atoms with Gasteiger partial charge in [0.05, 0.1) is 31.2 Å². The highest BCUT2D eigenvalue weighted by atomic mass is 35.5. The normalized spacial score (nSPS) is 32.3. The van der Waals surface area contributed by atoms with Gasteiger partial charge in [0.2, 0.25) is 5.91 Å². The smallest absolute Gasteiger partial charge is 0.409 e. The predicted molar refractivity (Wildman–Crippen MR) is 204 cm³/mol. The molecule has 0 aliphatic carbocycles. The molecule has 1 aromatic rings. The number of alkyl carbamates (subject to hydrolysis) is 1. The molecule has 5 rings (SSSR count). The van der Waals surface area contributed by atoms with Gasteiger partial charge in [0.25, 0.3) is 0 Å². The first-order valence-corrected chi connectivity index (χ1v) is 19.5. The van der Waals surface area contributed by atoms with Crippen LogP contribution in [0, 0.1) is 11.8 Å². The van der Waals surface area contributed by atoms with Crippen molar-refractivity contribution in [2.45, 2.75) is 114 Å². The zero-order valence-electron chi connectivity index (χ0n) is 32.7. The zero-order valence-corrected chi connectivity index (χ0v) is 33.4. The highest BCUT2D eigenvalue weighted by molar-refractivity contribution is 6.35. The van der Waals surface area contributed by atoms with Crippen LogP contribution in [0.1, 0.15) is 77.7 Å². The summed E-state index contributed by atoms with van der Waals surface area (Å²) in [5.41, 5.74) is -0.707. The third kappa shape index (κ3) is 10.2. The van der Waals surface area contributed by atoms with E-state index in [1.54, 1.807) is 26.1 Å². The number of benzene rings is 1. The third-order valence-electron chi connectivity index (χ3n) is 11.5. The summed E-state index contributed by atoms with van der Waals surface area (Å²) >= 11 is 6.77. The number of allylic oxidation sites excluding steroid dienone is 3. The Balaban J connectivity index is 1.36. The fraction of sp³-hybridized carbons (Fsp3) is 0.650. The maximum absolute atomic E-state index is 14.1. The third-order valence-corrected chi connectivity index (χ3v) is 11.9. The van der Waals surface area contributed by atoms with Crippen LogP contribution in [0.3, 0.4) is 0 Å². The van der Waals surface area contributed by atoms with Gasteiger partial charge in [0.15, 0.2) is 5.72 Å². The first-order valence-electron chi connectivity index (χ1n) is 19.1. The lowest BCUT2D eigenvalue weighted by Gasteiger charge is -2.42. The molecule has 4 bridgehead atoms. The Kier molecular flexibility index (Phi) is 13.9. The first kappa shape index (κ1) is 42.5. The number of aliphatic carboxylic acids is 1. The average molecular weight is 790 g/mol. The first-order chi connectivity index (χ1) is 26.1. The molecule has 55 heavy (non-hydrogen) atoms. The minimum atomic E-state index is -1.80. The van der Waals surface area contributed by atoms with E-state index in [0.29, 0.717) is 37.1 Å². The van der Waals surface area contributed by atoms with E-state index in [2.05, 4.69) is 10.2 Å². The number of esters is 1. The number of aliphatic hydroxyl groups is 1. The van der Waals surface area contributed by atoms with E-state index in [9.17, 15) is 29.4 Å². The van der Waals surface area contributed by atoms with Crippen molar-refractivity contribution in [1.82, 2.24) is 10.2 Å². The van der Waals surface area contributed by atoms with Crippen molar-refractivity contribution in [2.75, 3.05) is 45.8 Å². The fourth-order valence-electron chi connectivity index (χ4n) is 8.01. The molecule has 14 nitrogen and oxygen atoms in total. The van der Waals surface area contributed by atoms with Gasteiger partial charge < -0.3 is 43.7 Å². The maximum atomic E-state index is 14.1. The van der Waals surface area contributed by atoms with Gasteiger partial charge in [0.1, 0.15) is 34.7 Å². The van der Waals surface area contributed by atoms with Crippen LogP contribution in [0.5, 0.6) is 5.75 Å². The van der Waals surface area contributed by atoms with Gasteiger partial charge in [-0.1, -0.05) is 48.7 Å². The number of anilines is 1. The summed E-state index contributed by atoms with van der Waals surface area (Å²) in [6.07, 6.45) is 5.07. The van der Waals surface area contributed by atoms with Gasteiger partial charge >= 0.3 is 18.0 Å². The van der Waals surface area contributed by atoms with E-state index in [1.807, 2.05) is 32.1 Å². The number of rotatable bonds is 10. The van der Waals surface area contributed by atoms with Crippen molar-refractivity contribution in [2.24, 2.45) is 11.8 Å². The molecule has 0 saturated carbocycles. The molecule has 0 radical (unpaired) electrons. The van der Waals surface area contributed by atoms with Crippen LogP contribution in [0.4, 0.5) is 10.5 Å². The average Bonchev–Trinajstić information content (AvgIpc) is 3.84. The van der Waals surface area contributed by atoms with Crippen LogP contribution in [-0.2, 0) is 39.8 Å². The van der Waals surface area contributed by atoms with Crippen LogP contribution >= 0.6 is 11.6 Å². The Morgan fingerprint density at radius 2 is 1.85 bits per heavy atom. The molecule has 7 atom stereocenters. The quantitative estimate of drug-likeness (QED) is 0.164. The van der Waals surface area contributed by atoms with Crippen LogP contribution in [0.2, 0.25) is 5.02 Å². The Morgan fingerprint density at radius 1 is 1.13 bits per heavy atom. The lowest BCUT2D eigenvalue weighted by atomic mass is 9.83. The lowest BCUT2D eigenvalue weighted by molar-refractivity contribution is -0.154. The second kappa shape index (κ2) is 18.1. The summed E-state index contributed by atoms with van der Waals surface area (Å²) in [5, 5.41) is 23.8. The molecule has 3 saturated heterocycles. The summed E-state index contributed by atoms with van der Waals surface area (Å²) < 4.78 is 29.3. The summed E-state index contributed by atoms with van der Waals surface area (Å²) in [7, 11) is 4.56. The Labute approximate surface area is 328 Å². The number of methoxy groups -OCH3 is 2. The summed E-state index contributed by atoms with van der Waals surface area (Å²) in [5.74, 6) is -1.92. The number of nitrogens with zero attached hydrogens (tertiary/aromatic N) is 2. The van der Waals surface area contributed by atoms with Crippen molar-refractivity contribution >= 4 is 41.2 Å². The monoisotopic (exact) mass is 789 g/mol. The Bertz CT molecular complexity index is 1650. The number of fused-ring (bicyclic) bond motifs is 5. The number of piperidine rings is 1. The molecule has 3 N–H and O–H groups in total. The number of hydrogen-bond acceptors (Lipinski definition) is 11. The van der Waals surface area contributed by atoms with Gasteiger partial charge in [-0.15, -0.1) is 0 Å². The topological polar surface area (TPSA) is 177 Å². The molecule has 304 valence electrons. The zero-order chi connectivity index (χ0) is 40.1. The number of nitrogens with one attached hydrogen (secondary N) is 1. The largest absolute Gasteiger partial charge is 0.495 e. The summed E-state index contributed by atoms with van der Waals surface area (Å²) in [4.78, 5) is 55.3. The molecule has 4 aliphatic heterocycles. The number of carboxylic acids is 1. The minimum Gasteiger partial charge on any atom is -0.495 e. The van der Waals surface area contributed by atoms with E-state index < -0.39 is 59.7 Å². The van der Waals surface area contributed by atoms with Crippen molar-refractivity contribution in [3.05, 3.63) is 46.5 Å². The molecule has 15 heteroatoms. The van der Waals surface area contributed by atoms with E-state index in [1.165, 1.54) is 19.1 Å². The highest BCUT2D eigenvalue weighted by Gasteiger charge is 2.64. The SMILES string of the molecule is COc1cc2cc(c1Cl)N(C)C(=O)C[C@H](OC(=O)CCCCCN1CCC(C(=O)O)CC1)[C@]1(C)O[C@H]1C(C)[C@@H]1C[C@@](O)(NC(=O)O1)[C@H](OC)/C=C/C=C(\C)C2. The predicted octanol–water partition coefficient (Wildman–Crippen LogP) is 5.02. The molecule has 0 aromatic heterocycles. The van der Waals surface area contributed by atoms with E-state index in [0.717, 1.165) is 43.6 Å². The van der Waals surface area contributed by atoms with Crippen LogP contribution in [-0.4, -0.2) is 116 Å². The maximum Gasteiger partial charge on any atom is 0.409 e. The lowest BCUT2D eigenvalue weighted by Crippen LogP contribution is -2.63. The van der Waals surface area contributed by atoms with Crippen LogP contribution < -0.4 is 15.0 Å². The van der Waals surface area contributed by atoms with Gasteiger partial charge in [0, 0.05) is 32.9 Å². The van der Waals surface area contributed by atoms with Gasteiger partial charge in [-0.2, -0.15) is 0 Å². The molecular weight excluding hydrogens is 734 g/mol. The standard InChI is InChI=1S/C40H56ClN3O11/c1-24-11-10-12-31(52-6)40(50)23-30(53-38(49)42-40)25(2)36-39(3,55-36)32(22-33(45)43(4)28-20-26(19-24)21-29(51-5)35(28)41)54-34(46)13-8-7-9-16-44-17-14-27(15-18-44)37(47)48/h10-12,20-21,25,27,30-32,36,50H,7-9,13-19,22-23H2,1-6H3,(H,42,49)(H,47,48)/b12-10+,24-11+/t25?,30-,31+,32-,36-,39-,40-/m0/s1. The van der Waals surface area contributed by atoms with Crippen LogP contribution in [0.25, 0.3) is 0 Å². The minimum absolute atomic E-state index is 0.0186. The molecular formula is C40H56ClN3O11. The van der Waals surface area contributed by atoms with E-state index in [-0.39, 0.29) is 36.1 Å². The molecule has 4 heterocycles. The molecule has 0 spiro atoms. The van der Waals surface area contributed by atoms with Crippen molar-refractivity contribution in [3.63, 3.8) is 0 Å². The molecule has 3 fully saturated rings. The number of halogens is 1. The van der Waals surface area contributed by atoms with Crippen molar-refractivity contribution in [1.29, 1.82) is 0 Å². The number of likely N-dealkylation sites (tertiary alicyclic amines) is 1. The number of carbonyl (C=O) groups is 4. The molecule has 4 aliphatic rings. The van der Waals surface area contributed by atoms with Crippen molar-refractivity contribution < 1.29 is 53.1 Å². The summed E-state index contributed by atoms with van der Waals surface area (Å²) in [6.45, 7) is 7.88.